The molecule has 2 aromatic carbocycles. The molecule has 0 amide bonds. The van der Waals surface area contributed by atoms with Crippen molar-refractivity contribution < 1.29 is 21.6 Å². The Labute approximate surface area is 228 Å². The highest BCUT2D eigenvalue weighted by Gasteiger charge is 2.28. The van der Waals surface area contributed by atoms with Crippen molar-refractivity contribution in [2.45, 2.75) is 43.0 Å². The van der Waals surface area contributed by atoms with Crippen LogP contribution in [0.3, 0.4) is 0 Å². The standard InChI is InChI=1S/C26H29F3N6O2S2/c1-34-12-10-17(11-13-34)31-20-4-3-5-21-19(20)14-22(35(21)25(29)24(27)28)26-33-32-23(38-26)15-30-16-6-8-18(9-7-16)39(2,36)37/h3-9,14,17,24-25,30-31H,10-13,15H2,1-2H3. The maximum absolute atomic E-state index is 15.0. The van der Waals surface area contributed by atoms with Crippen molar-refractivity contribution in [3.8, 4) is 10.7 Å². The van der Waals surface area contributed by atoms with E-state index in [9.17, 15) is 21.6 Å². The van der Waals surface area contributed by atoms with Gasteiger partial charge in [0.15, 0.2) is 14.8 Å². The number of benzene rings is 2. The Kier molecular flexibility index (Phi) is 7.83. The molecule has 0 radical (unpaired) electrons. The third kappa shape index (κ3) is 6.04. The molecule has 2 aromatic heterocycles. The zero-order valence-corrected chi connectivity index (χ0v) is 23.1. The predicted molar refractivity (Wildman–Crippen MR) is 148 cm³/mol. The summed E-state index contributed by atoms with van der Waals surface area (Å²) in [5, 5.41) is 16.6. The minimum atomic E-state index is -3.30. The van der Waals surface area contributed by atoms with Gasteiger partial charge in [-0.15, -0.1) is 10.2 Å². The smallest absolute Gasteiger partial charge is 0.288 e. The van der Waals surface area contributed by atoms with Gasteiger partial charge in [-0.3, -0.25) is 0 Å². The van der Waals surface area contributed by atoms with E-state index in [4.69, 9.17) is 0 Å². The molecule has 0 spiro atoms. The number of rotatable bonds is 9. The molecule has 0 saturated carbocycles. The van der Waals surface area contributed by atoms with E-state index in [1.807, 2.05) is 6.07 Å². The Morgan fingerprint density at radius 3 is 2.46 bits per heavy atom. The van der Waals surface area contributed by atoms with Crippen LogP contribution in [0, 0.1) is 0 Å². The molecule has 0 bridgehead atoms. The SMILES string of the molecule is CN1CCC(Nc2cccc3c2cc(-c2nnc(CNc4ccc(S(C)(=O)=O)cc4)s2)n3C(F)C(F)F)CC1. The number of sulfone groups is 1. The Balaban J connectivity index is 1.42. The van der Waals surface area contributed by atoms with Gasteiger partial charge in [0.2, 0.25) is 6.30 Å². The van der Waals surface area contributed by atoms with Crippen molar-refractivity contribution in [3.63, 3.8) is 0 Å². The number of halogens is 3. The molecule has 8 nitrogen and oxygen atoms in total. The van der Waals surface area contributed by atoms with Gasteiger partial charge >= 0.3 is 0 Å². The Morgan fingerprint density at radius 1 is 1.08 bits per heavy atom. The summed E-state index contributed by atoms with van der Waals surface area (Å²) in [6, 6.07) is 13.5. The molecule has 2 N–H and O–H groups in total. The number of nitrogens with zero attached hydrogens (tertiary/aromatic N) is 4. The molecule has 1 unspecified atom stereocenters. The van der Waals surface area contributed by atoms with Crippen LogP contribution in [0.25, 0.3) is 21.6 Å². The minimum Gasteiger partial charge on any atom is -0.382 e. The van der Waals surface area contributed by atoms with Crippen molar-refractivity contribution in [2.75, 3.05) is 37.0 Å². The zero-order valence-electron chi connectivity index (χ0n) is 21.4. The van der Waals surface area contributed by atoms with Crippen LogP contribution >= 0.6 is 11.3 Å². The van der Waals surface area contributed by atoms with E-state index in [2.05, 4.69) is 32.8 Å². The molecule has 1 atom stereocenters. The molecular weight excluding hydrogens is 549 g/mol. The van der Waals surface area contributed by atoms with E-state index in [1.54, 1.807) is 30.3 Å². The van der Waals surface area contributed by atoms with Gasteiger partial charge in [0.1, 0.15) is 5.01 Å². The molecule has 208 valence electrons. The van der Waals surface area contributed by atoms with Crippen LogP contribution in [0.1, 0.15) is 24.1 Å². The number of piperidine rings is 1. The summed E-state index contributed by atoms with van der Waals surface area (Å²) in [4.78, 5) is 2.47. The van der Waals surface area contributed by atoms with Crippen LogP contribution in [0.15, 0.2) is 53.4 Å². The fourth-order valence-corrected chi connectivity index (χ4v) is 6.14. The number of aromatic nitrogens is 3. The van der Waals surface area contributed by atoms with Gasteiger partial charge in [-0.1, -0.05) is 17.4 Å². The first-order valence-corrected chi connectivity index (χ1v) is 15.2. The summed E-state index contributed by atoms with van der Waals surface area (Å²) >= 11 is 1.17. The van der Waals surface area contributed by atoms with Gasteiger partial charge in [-0.25, -0.2) is 21.6 Å². The first-order valence-electron chi connectivity index (χ1n) is 12.5. The van der Waals surface area contributed by atoms with Gasteiger partial charge in [0.05, 0.1) is 22.7 Å². The summed E-state index contributed by atoms with van der Waals surface area (Å²) in [6.45, 7) is 2.19. The molecule has 0 aliphatic carbocycles. The second-order valence-electron chi connectivity index (χ2n) is 9.72. The number of fused-ring (bicyclic) bond motifs is 1. The number of hydrogen-bond donors (Lipinski definition) is 2. The number of alkyl halides is 3. The number of likely N-dealkylation sites (tertiary alicyclic amines) is 1. The molecule has 1 saturated heterocycles. The van der Waals surface area contributed by atoms with Crippen LogP contribution in [0.5, 0.6) is 0 Å². The van der Waals surface area contributed by atoms with E-state index in [0.717, 1.165) is 42.4 Å². The number of anilines is 2. The van der Waals surface area contributed by atoms with Crippen LogP contribution in [0.4, 0.5) is 24.5 Å². The summed E-state index contributed by atoms with van der Waals surface area (Å²) < 4.78 is 66.6. The highest BCUT2D eigenvalue weighted by atomic mass is 32.2. The molecule has 39 heavy (non-hydrogen) atoms. The van der Waals surface area contributed by atoms with E-state index < -0.39 is 22.6 Å². The predicted octanol–water partition coefficient (Wildman–Crippen LogP) is 5.41. The minimum absolute atomic E-state index is 0.212. The van der Waals surface area contributed by atoms with Crippen LogP contribution in [-0.4, -0.2) is 66.9 Å². The monoisotopic (exact) mass is 578 g/mol. The second kappa shape index (κ2) is 11.1. The largest absolute Gasteiger partial charge is 0.382 e. The number of hydrogen-bond acceptors (Lipinski definition) is 8. The fourth-order valence-electron chi connectivity index (χ4n) is 4.72. The summed E-state index contributed by atoms with van der Waals surface area (Å²) in [5.41, 5.74) is 2.04. The van der Waals surface area contributed by atoms with Crippen molar-refractivity contribution in [1.82, 2.24) is 19.7 Å². The molecule has 13 heteroatoms. The van der Waals surface area contributed by atoms with Crippen LogP contribution in [0.2, 0.25) is 0 Å². The van der Waals surface area contributed by atoms with Gasteiger partial charge < -0.3 is 20.1 Å². The zero-order chi connectivity index (χ0) is 27.7. The Bertz CT molecular complexity index is 1550. The normalized spacial score (nSPS) is 16.2. The maximum atomic E-state index is 15.0. The van der Waals surface area contributed by atoms with E-state index in [0.29, 0.717) is 26.6 Å². The average molecular weight is 579 g/mol. The van der Waals surface area contributed by atoms with Gasteiger partial charge in [0.25, 0.3) is 6.43 Å². The van der Waals surface area contributed by atoms with Crippen LogP contribution in [-0.2, 0) is 16.4 Å². The van der Waals surface area contributed by atoms with Crippen molar-refractivity contribution in [2.24, 2.45) is 0 Å². The van der Waals surface area contributed by atoms with Crippen LogP contribution < -0.4 is 10.6 Å². The lowest BCUT2D eigenvalue weighted by Gasteiger charge is -2.30. The van der Waals surface area contributed by atoms with E-state index >= 15 is 0 Å². The molecule has 1 aliphatic heterocycles. The maximum Gasteiger partial charge on any atom is 0.288 e. The molecule has 1 fully saturated rings. The van der Waals surface area contributed by atoms with Crippen molar-refractivity contribution >= 4 is 43.5 Å². The van der Waals surface area contributed by atoms with E-state index in [-0.39, 0.29) is 23.2 Å². The van der Waals surface area contributed by atoms with Crippen molar-refractivity contribution in [3.05, 3.63) is 53.5 Å². The lowest BCUT2D eigenvalue weighted by molar-refractivity contribution is 0.0115. The molecular formula is C26H29F3N6O2S2. The quantitative estimate of drug-likeness (QED) is 0.274. The van der Waals surface area contributed by atoms with Crippen molar-refractivity contribution in [1.29, 1.82) is 0 Å². The summed E-state index contributed by atoms with van der Waals surface area (Å²) in [6.07, 6.45) is -2.72. The molecule has 1 aliphatic rings. The third-order valence-electron chi connectivity index (χ3n) is 6.83. The molecule has 3 heterocycles. The van der Waals surface area contributed by atoms with Gasteiger partial charge in [-0.2, -0.15) is 0 Å². The Morgan fingerprint density at radius 2 is 1.79 bits per heavy atom. The van der Waals surface area contributed by atoms with E-state index in [1.165, 1.54) is 23.5 Å². The lowest BCUT2D eigenvalue weighted by Crippen LogP contribution is -2.36. The highest BCUT2D eigenvalue weighted by molar-refractivity contribution is 7.90. The number of nitrogens with one attached hydrogen (secondary N) is 2. The van der Waals surface area contributed by atoms with Gasteiger partial charge in [-0.05, 0) is 75.4 Å². The fraction of sp³-hybridized carbons (Fsp3) is 0.385. The van der Waals surface area contributed by atoms with Gasteiger partial charge in [0, 0.05) is 29.1 Å². The lowest BCUT2D eigenvalue weighted by atomic mass is 10.0. The molecule has 4 aromatic rings. The highest BCUT2D eigenvalue weighted by Crippen LogP contribution is 2.38. The Hall–Kier alpha value is -3.16. The average Bonchev–Trinajstić information content (AvgIpc) is 3.53. The second-order valence-corrected chi connectivity index (χ2v) is 12.8. The third-order valence-corrected chi connectivity index (χ3v) is 8.90. The topological polar surface area (TPSA) is 92.2 Å². The molecule has 5 rings (SSSR count). The first kappa shape index (κ1) is 27.4. The summed E-state index contributed by atoms with van der Waals surface area (Å²) in [5.74, 6) is 0. The first-order chi connectivity index (χ1) is 18.6. The summed E-state index contributed by atoms with van der Waals surface area (Å²) in [7, 11) is -1.22.